The van der Waals surface area contributed by atoms with Gasteiger partial charge in [-0.2, -0.15) is 0 Å². The summed E-state index contributed by atoms with van der Waals surface area (Å²) < 4.78 is 5.72. The minimum absolute atomic E-state index is 0.436. The second-order valence-corrected chi connectivity index (χ2v) is 7.64. The van der Waals surface area contributed by atoms with E-state index in [1.807, 2.05) is 32.2 Å². The highest BCUT2D eigenvalue weighted by molar-refractivity contribution is 5.80. The molecular formula is C24H34N4O. The monoisotopic (exact) mass is 394 g/mol. The minimum Gasteiger partial charge on any atom is -0.494 e. The van der Waals surface area contributed by atoms with Gasteiger partial charge in [0.2, 0.25) is 0 Å². The van der Waals surface area contributed by atoms with Crippen molar-refractivity contribution in [3.8, 4) is 5.75 Å². The predicted molar refractivity (Wildman–Crippen MR) is 120 cm³/mol. The Balaban J connectivity index is 1.49. The van der Waals surface area contributed by atoms with E-state index in [0.717, 1.165) is 43.2 Å². The van der Waals surface area contributed by atoms with E-state index in [4.69, 9.17) is 4.74 Å². The predicted octanol–water partition coefficient (Wildman–Crippen LogP) is 3.80. The van der Waals surface area contributed by atoms with Gasteiger partial charge in [0.1, 0.15) is 5.75 Å². The Morgan fingerprint density at radius 3 is 2.62 bits per heavy atom. The molecule has 1 saturated heterocycles. The number of hydrogen-bond donors (Lipinski definition) is 2. The molecule has 0 spiro atoms. The number of benzene rings is 2. The topological polar surface area (TPSA) is 48.9 Å². The van der Waals surface area contributed by atoms with Crippen LogP contribution in [-0.2, 0) is 13.1 Å². The molecule has 2 N–H and O–H groups in total. The van der Waals surface area contributed by atoms with Gasteiger partial charge in [0.05, 0.1) is 6.61 Å². The second-order valence-electron chi connectivity index (χ2n) is 7.64. The van der Waals surface area contributed by atoms with Crippen molar-refractivity contribution in [2.24, 2.45) is 4.99 Å². The molecule has 156 valence electrons. The first kappa shape index (κ1) is 21.2. The van der Waals surface area contributed by atoms with Gasteiger partial charge >= 0.3 is 0 Å². The molecule has 2 atom stereocenters. The van der Waals surface area contributed by atoms with Gasteiger partial charge in [0.25, 0.3) is 0 Å². The fourth-order valence-corrected chi connectivity index (χ4v) is 3.92. The van der Waals surface area contributed by atoms with Gasteiger partial charge in [0, 0.05) is 44.3 Å². The summed E-state index contributed by atoms with van der Waals surface area (Å²) in [6.07, 6.45) is 2.23. The first-order valence-electron chi connectivity index (χ1n) is 10.7. The van der Waals surface area contributed by atoms with Crippen molar-refractivity contribution in [1.29, 1.82) is 0 Å². The molecule has 1 aliphatic rings. The lowest BCUT2D eigenvalue weighted by Crippen LogP contribution is -2.51. The number of para-hydroxylation sites is 1. The summed E-state index contributed by atoms with van der Waals surface area (Å²) in [6.45, 7) is 7.82. The van der Waals surface area contributed by atoms with Crippen LogP contribution in [0.4, 0.5) is 0 Å². The highest BCUT2D eigenvalue weighted by Gasteiger charge is 2.26. The number of hydrogen-bond acceptors (Lipinski definition) is 3. The van der Waals surface area contributed by atoms with E-state index in [1.54, 1.807) is 0 Å². The van der Waals surface area contributed by atoms with Gasteiger partial charge < -0.3 is 15.4 Å². The van der Waals surface area contributed by atoms with Gasteiger partial charge in [-0.3, -0.25) is 9.89 Å². The van der Waals surface area contributed by atoms with Crippen molar-refractivity contribution in [2.75, 3.05) is 20.2 Å². The van der Waals surface area contributed by atoms with Gasteiger partial charge in [0.15, 0.2) is 5.96 Å². The molecule has 2 aromatic rings. The molecule has 0 radical (unpaired) electrons. The molecule has 29 heavy (non-hydrogen) atoms. The molecule has 0 amide bonds. The molecule has 2 unspecified atom stereocenters. The Hall–Kier alpha value is -2.53. The first-order valence-corrected chi connectivity index (χ1v) is 10.7. The molecule has 0 bridgehead atoms. The largest absolute Gasteiger partial charge is 0.494 e. The SMILES string of the molecule is CCOc1ccccc1CNC(=NC)NC1CCN(Cc2ccccc2)C(C)C1. The standard InChI is InChI=1S/C24H34N4O/c1-4-29-23-13-9-8-12-21(23)17-26-24(25-3)27-22-14-15-28(19(2)16-22)18-20-10-6-5-7-11-20/h5-13,19,22H,4,14-18H2,1-3H3,(H2,25,26,27). The maximum absolute atomic E-state index is 5.72. The fraction of sp³-hybridized carbons (Fsp3) is 0.458. The average Bonchev–Trinajstić information content (AvgIpc) is 2.75. The fourth-order valence-electron chi connectivity index (χ4n) is 3.92. The highest BCUT2D eigenvalue weighted by atomic mass is 16.5. The van der Waals surface area contributed by atoms with Crippen molar-refractivity contribution in [3.05, 3.63) is 65.7 Å². The molecule has 3 rings (SSSR count). The maximum atomic E-state index is 5.72. The van der Waals surface area contributed by atoms with E-state index >= 15 is 0 Å². The number of aliphatic imine (C=N–C) groups is 1. The van der Waals surface area contributed by atoms with Crippen LogP contribution in [0.5, 0.6) is 5.75 Å². The van der Waals surface area contributed by atoms with E-state index in [-0.39, 0.29) is 0 Å². The third-order valence-corrected chi connectivity index (χ3v) is 5.53. The normalized spacial score (nSPS) is 20.3. The van der Waals surface area contributed by atoms with Crippen molar-refractivity contribution in [2.45, 2.75) is 51.9 Å². The van der Waals surface area contributed by atoms with Crippen LogP contribution in [0.3, 0.4) is 0 Å². The minimum atomic E-state index is 0.436. The molecule has 1 aliphatic heterocycles. The van der Waals surface area contributed by atoms with Crippen molar-refractivity contribution < 1.29 is 4.74 Å². The maximum Gasteiger partial charge on any atom is 0.191 e. The molecule has 0 aliphatic carbocycles. The average molecular weight is 395 g/mol. The lowest BCUT2D eigenvalue weighted by atomic mass is 9.97. The number of likely N-dealkylation sites (tertiary alicyclic amines) is 1. The number of guanidine groups is 1. The summed E-state index contributed by atoms with van der Waals surface area (Å²) >= 11 is 0. The second kappa shape index (κ2) is 10.9. The summed E-state index contributed by atoms with van der Waals surface area (Å²) in [5.74, 6) is 1.78. The summed E-state index contributed by atoms with van der Waals surface area (Å²) in [7, 11) is 1.83. The molecule has 2 aromatic carbocycles. The Morgan fingerprint density at radius 2 is 1.90 bits per heavy atom. The van der Waals surface area contributed by atoms with Crippen LogP contribution < -0.4 is 15.4 Å². The Labute approximate surface area is 175 Å². The van der Waals surface area contributed by atoms with Crippen LogP contribution in [0.15, 0.2) is 59.6 Å². The van der Waals surface area contributed by atoms with Crippen LogP contribution in [-0.4, -0.2) is 43.1 Å². The molecule has 1 fully saturated rings. The molecule has 1 heterocycles. The van der Waals surface area contributed by atoms with Crippen LogP contribution in [0.25, 0.3) is 0 Å². The molecule has 5 heteroatoms. The number of piperidine rings is 1. The first-order chi connectivity index (χ1) is 14.2. The molecule has 0 saturated carbocycles. The van der Waals surface area contributed by atoms with Crippen LogP contribution in [0, 0.1) is 0 Å². The van der Waals surface area contributed by atoms with Crippen LogP contribution in [0.2, 0.25) is 0 Å². The zero-order valence-corrected chi connectivity index (χ0v) is 17.9. The summed E-state index contributed by atoms with van der Waals surface area (Å²) in [5.41, 5.74) is 2.53. The van der Waals surface area contributed by atoms with E-state index in [9.17, 15) is 0 Å². The van der Waals surface area contributed by atoms with Crippen molar-refractivity contribution >= 4 is 5.96 Å². The van der Waals surface area contributed by atoms with Crippen LogP contribution in [0.1, 0.15) is 37.8 Å². The molecule has 0 aromatic heterocycles. The summed E-state index contributed by atoms with van der Waals surface area (Å²) in [5, 5.41) is 7.06. The number of nitrogens with zero attached hydrogens (tertiary/aromatic N) is 2. The highest BCUT2D eigenvalue weighted by Crippen LogP contribution is 2.20. The zero-order valence-electron chi connectivity index (χ0n) is 17.9. The third kappa shape index (κ3) is 6.23. The zero-order chi connectivity index (χ0) is 20.5. The van der Waals surface area contributed by atoms with E-state index in [1.165, 1.54) is 5.56 Å². The molecular weight excluding hydrogens is 360 g/mol. The number of rotatable bonds is 7. The third-order valence-electron chi connectivity index (χ3n) is 5.53. The Bertz CT molecular complexity index is 777. The van der Waals surface area contributed by atoms with E-state index in [2.05, 4.69) is 63.8 Å². The lowest BCUT2D eigenvalue weighted by Gasteiger charge is -2.38. The van der Waals surface area contributed by atoms with Gasteiger partial charge in [-0.15, -0.1) is 0 Å². The lowest BCUT2D eigenvalue weighted by molar-refractivity contribution is 0.134. The van der Waals surface area contributed by atoms with E-state index in [0.29, 0.717) is 25.2 Å². The van der Waals surface area contributed by atoms with Crippen molar-refractivity contribution in [3.63, 3.8) is 0 Å². The number of nitrogens with one attached hydrogen (secondary N) is 2. The van der Waals surface area contributed by atoms with Gasteiger partial charge in [-0.1, -0.05) is 48.5 Å². The smallest absolute Gasteiger partial charge is 0.191 e. The molecule has 5 nitrogen and oxygen atoms in total. The number of ether oxygens (including phenoxy) is 1. The van der Waals surface area contributed by atoms with Crippen molar-refractivity contribution in [1.82, 2.24) is 15.5 Å². The Kier molecular flexibility index (Phi) is 7.94. The van der Waals surface area contributed by atoms with Gasteiger partial charge in [-0.25, -0.2) is 0 Å². The Morgan fingerprint density at radius 1 is 1.14 bits per heavy atom. The van der Waals surface area contributed by atoms with E-state index < -0.39 is 0 Å². The summed E-state index contributed by atoms with van der Waals surface area (Å²) in [4.78, 5) is 7.00. The van der Waals surface area contributed by atoms with Gasteiger partial charge in [-0.05, 0) is 38.3 Å². The summed E-state index contributed by atoms with van der Waals surface area (Å²) in [6, 6.07) is 19.9. The van der Waals surface area contributed by atoms with Crippen LogP contribution >= 0.6 is 0 Å². The quantitative estimate of drug-likeness (QED) is 0.554.